The number of ketones is 1. The van der Waals surface area contributed by atoms with Gasteiger partial charge in [-0.25, -0.2) is 8.61 Å². The van der Waals surface area contributed by atoms with Gasteiger partial charge in [-0.15, -0.1) is 0 Å². The Labute approximate surface area is 176 Å². The molecule has 2 aliphatic heterocycles. The smallest absolute Gasteiger partial charge is 0.259 e. The average Bonchev–Trinajstić information content (AvgIpc) is 3.05. The van der Waals surface area contributed by atoms with Crippen molar-refractivity contribution in [2.75, 3.05) is 10.8 Å². The fourth-order valence-electron chi connectivity index (χ4n) is 3.03. The second-order valence-corrected chi connectivity index (χ2v) is 14.8. The van der Waals surface area contributed by atoms with Gasteiger partial charge < -0.3 is 4.43 Å². The number of anilines is 1. The van der Waals surface area contributed by atoms with Gasteiger partial charge in [0, 0.05) is 12.1 Å². The lowest BCUT2D eigenvalue weighted by Crippen LogP contribution is -2.50. The minimum atomic E-state index is -2.22. The molecule has 6 nitrogen and oxygen atoms in total. The number of nitrogens with zero attached hydrogens (tertiary/aromatic N) is 3. The highest BCUT2D eigenvalue weighted by atomic mass is 35.5. The third kappa shape index (κ3) is 3.40. The summed E-state index contributed by atoms with van der Waals surface area (Å²) in [6, 6.07) is 4.73. The maximum Gasteiger partial charge on any atom is 0.259 e. The fourth-order valence-corrected chi connectivity index (χ4v) is 5.66. The van der Waals surface area contributed by atoms with Gasteiger partial charge in [-0.3, -0.25) is 9.59 Å². The molecule has 2 heterocycles. The minimum Gasteiger partial charge on any atom is -0.405 e. The second kappa shape index (κ2) is 7.15. The van der Waals surface area contributed by atoms with Crippen molar-refractivity contribution in [2.24, 2.45) is 0 Å². The molecule has 3 rings (SSSR count). The van der Waals surface area contributed by atoms with E-state index in [0.717, 1.165) is 0 Å². The number of halogens is 1. The molecule has 2 atom stereocenters. The highest BCUT2D eigenvalue weighted by Gasteiger charge is 2.56. The van der Waals surface area contributed by atoms with Gasteiger partial charge in [-0.05, 0) is 42.8 Å². The van der Waals surface area contributed by atoms with Crippen LogP contribution in [0.3, 0.4) is 0 Å². The largest absolute Gasteiger partial charge is 0.405 e. The van der Waals surface area contributed by atoms with Crippen molar-refractivity contribution in [1.82, 2.24) is 4.31 Å². The van der Waals surface area contributed by atoms with Gasteiger partial charge in [-0.2, -0.15) is 5.26 Å². The zero-order valence-corrected chi connectivity index (χ0v) is 19.4. The van der Waals surface area contributed by atoms with Crippen LogP contribution in [0.2, 0.25) is 23.2 Å². The lowest BCUT2D eigenvalue weighted by molar-refractivity contribution is -0.127. The molecule has 1 amide bonds. The molecule has 0 bridgehead atoms. The van der Waals surface area contributed by atoms with Crippen molar-refractivity contribution >= 4 is 49.4 Å². The van der Waals surface area contributed by atoms with Crippen molar-refractivity contribution in [3.8, 4) is 6.07 Å². The number of benzene rings is 1. The van der Waals surface area contributed by atoms with E-state index in [1.54, 1.807) is 27.7 Å². The predicted octanol–water partition coefficient (Wildman–Crippen LogP) is 4.07. The molecule has 0 unspecified atom stereocenters. The molecule has 0 saturated carbocycles. The molecule has 0 radical (unpaired) electrons. The quantitative estimate of drug-likeness (QED) is 0.524. The summed E-state index contributed by atoms with van der Waals surface area (Å²) in [5, 5.41) is 9.42. The number of rotatable bonds is 3. The predicted molar refractivity (Wildman–Crippen MR) is 114 cm³/mol. The number of carbonyl (C=O) groups is 2. The Kier molecular flexibility index (Phi) is 5.45. The van der Waals surface area contributed by atoms with Crippen molar-refractivity contribution in [3.05, 3.63) is 28.3 Å². The number of fused-ring (bicyclic) bond motifs is 1. The van der Waals surface area contributed by atoms with Crippen molar-refractivity contribution in [1.29, 1.82) is 5.26 Å². The van der Waals surface area contributed by atoms with E-state index < -0.39 is 20.5 Å². The summed E-state index contributed by atoms with van der Waals surface area (Å²) in [7, 11) is -2.22. The van der Waals surface area contributed by atoms with Gasteiger partial charge in [0.1, 0.15) is 18.2 Å². The molecule has 9 heteroatoms. The number of nitriles is 1. The number of hydrogen-bond donors (Lipinski definition) is 0. The van der Waals surface area contributed by atoms with Crippen molar-refractivity contribution < 1.29 is 14.0 Å². The van der Waals surface area contributed by atoms with Gasteiger partial charge >= 0.3 is 0 Å². The summed E-state index contributed by atoms with van der Waals surface area (Å²) in [5.41, 5.74) is 1.66. The molecule has 0 spiro atoms. The number of amides is 1. The third-order valence-corrected chi connectivity index (χ3v) is 11.8. The Morgan fingerprint density at radius 3 is 2.54 bits per heavy atom. The van der Waals surface area contributed by atoms with Crippen LogP contribution >= 0.6 is 23.7 Å². The average molecular weight is 438 g/mol. The first kappa shape index (κ1) is 21.3. The normalized spacial score (nSPS) is 23.3. The second-order valence-electron chi connectivity index (χ2n) is 8.68. The first-order valence-corrected chi connectivity index (χ1v) is 13.1. The Morgan fingerprint density at radius 1 is 1.32 bits per heavy atom. The summed E-state index contributed by atoms with van der Waals surface area (Å²) in [5.74, 6) is -0.242. The van der Waals surface area contributed by atoms with E-state index in [9.17, 15) is 9.59 Å². The van der Waals surface area contributed by atoms with E-state index in [-0.39, 0.29) is 23.3 Å². The molecule has 2 aliphatic rings. The maximum atomic E-state index is 13.2. The molecule has 28 heavy (non-hydrogen) atoms. The molecule has 0 N–H and O–H groups in total. The number of hydrogen-bond acceptors (Lipinski definition) is 6. The highest BCUT2D eigenvalue weighted by Crippen LogP contribution is 2.45. The number of carbonyl (C=O) groups excluding carboxylic acids is 2. The van der Waals surface area contributed by atoms with Gasteiger partial charge in [0.05, 0.1) is 22.8 Å². The Bertz CT molecular complexity index is 894. The van der Waals surface area contributed by atoms with Crippen LogP contribution < -0.4 is 4.31 Å². The van der Waals surface area contributed by atoms with Crippen LogP contribution in [0.25, 0.3) is 0 Å². The van der Waals surface area contributed by atoms with Crippen molar-refractivity contribution in [2.45, 2.75) is 58.0 Å². The lowest BCUT2D eigenvalue weighted by Gasteiger charge is -2.38. The molecule has 1 aromatic carbocycles. The van der Waals surface area contributed by atoms with E-state index in [1.165, 1.54) is 12.1 Å². The first-order valence-electron chi connectivity index (χ1n) is 9.07. The molecule has 0 aliphatic carbocycles. The molecular weight excluding hydrogens is 414 g/mol. The van der Waals surface area contributed by atoms with E-state index >= 15 is 0 Å². The van der Waals surface area contributed by atoms with Gasteiger partial charge in [0.25, 0.3) is 5.91 Å². The summed E-state index contributed by atoms with van der Waals surface area (Å²) in [6.07, 6.45) is -0.750. The summed E-state index contributed by atoms with van der Waals surface area (Å²) < 4.78 is 9.69. The van der Waals surface area contributed by atoms with Crippen molar-refractivity contribution in [3.63, 3.8) is 0 Å². The zero-order valence-electron chi connectivity index (χ0n) is 16.9. The zero-order chi connectivity index (χ0) is 21.0. The van der Waals surface area contributed by atoms with Gasteiger partial charge in [0.2, 0.25) is 0 Å². The third-order valence-electron chi connectivity index (χ3n) is 5.79. The molecule has 1 aromatic rings. The molecule has 2 fully saturated rings. The summed E-state index contributed by atoms with van der Waals surface area (Å²) in [6.45, 7) is 12.4. The number of Topliss-reactive ketones (excluding diaryl/α,β-unsaturated/α-hetero) is 1. The first-order chi connectivity index (χ1) is 12.9. The Morgan fingerprint density at radius 2 is 1.96 bits per heavy atom. The summed E-state index contributed by atoms with van der Waals surface area (Å²) in [4.78, 5) is 25.8. The van der Waals surface area contributed by atoms with E-state index in [1.807, 2.05) is 6.07 Å². The molecule has 150 valence electrons. The van der Waals surface area contributed by atoms with E-state index in [4.69, 9.17) is 21.3 Å². The van der Waals surface area contributed by atoms with Crippen LogP contribution in [0.1, 0.15) is 31.9 Å². The standard InChI is InChI=1S/C19H24ClN3O3SSi/c1-11-13(8-7-12(9-21)15(11)20)23-18(25)16-17(14(24)10-22(16)27-23)26-28(5,6)19(2,3)4/h7-8,16-17H,10H2,1-6H3/t16-,17-/m1/s1. The van der Waals surface area contributed by atoms with Gasteiger partial charge in [0.15, 0.2) is 14.1 Å². The lowest BCUT2D eigenvalue weighted by atomic mass is 10.1. The SMILES string of the molecule is Cc1c(N2SN3CC(=O)[C@@H](O[Si](C)(C)C(C)(C)C)[C@@H]3C2=O)ccc(C#N)c1Cl. The molecule has 0 aromatic heterocycles. The van der Waals surface area contributed by atoms with Crippen LogP contribution in [-0.4, -0.2) is 43.0 Å². The van der Waals surface area contributed by atoms with Crippen LogP contribution in [0, 0.1) is 18.3 Å². The van der Waals surface area contributed by atoms with E-state index in [0.29, 0.717) is 21.8 Å². The minimum absolute atomic E-state index is 0.0510. The van der Waals surface area contributed by atoms with Crippen LogP contribution in [-0.2, 0) is 14.0 Å². The van der Waals surface area contributed by atoms with Crippen LogP contribution in [0.4, 0.5) is 5.69 Å². The molecule has 2 saturated heterocycles. The van der Waals surface area contributed by atoms with Crippen LogP contribution in [0.15, 0.2) is 12.1 Å². The topological polar surface area (TPSA) is 73.6 Å². The summed E-state index contributed by atoms with van der Waals surface area (Å²) >= 11 is 7.49. The maximum absolute atomic E-state index is 13.2. The Hall–Kier alpha value is -1.37. The fraction of sp³-hybridized carbons (Fsp3) is 0.526. The highest BCUT2D eigenvalue weighted by molar-refractivity contribution is 7.99. The van der Waals surface area contributed by atoms with Crippen LogP contribution in [0.5, 0.6) is 0 Å². The monoisotopic (exact) mass is 437 g/mol. The molecular formula is C19H24ClN3O3SSi. The Balaban J connectivity index is 1.91. The van der Waals surface area contributed by atoms with Gasteiger partial charge in [-0.1, -0.05) is 32.4 Å². The van der Waals surface area contributed by atoms with E-state index in [2.05, 4.69) is 33.9 Å².